The first-order valence-corrected chi connectivity index (χ1v) is 49.2. The summed E-state index contributed by atoms with van der Waals surface area (Å²) in [5, 5.41) is 12.4. The number of allylic oxidation sites excluding steroid dienone is 4. The zero-order chi connectivity index (χ0) is 99.5. The van der Waals surface area contributed by atoms with Gasteiger partial charge in [0, 0.05) is 151 Å². The smallest absolute Gasteiger partial charge is 0.318 e. The van der Waals surface area contributed by atoms with Gasteiger partial charge in [-0.05, 0) is 223 Å². The maximum atomic E-state index is 13.2. The van der Waals surface area contributed by atoms with E-state index in [0.29, 0.717) is 52.4 Å². The van der Waals surface area contributed by atoms with E-state index < -0.39 is 0 Å². The lowest BCUT2D eigenvalue weighted by atomic mass is 10.0. The Morgan fingerprint density at radius 3 is 0.768 bits per heavy atom. The number of urea groups is 4. The highest BCUT2D eigenvalue weighted by molar-refractivity contribution is 5.95. The Hall–Kier alpha value is -15.2. The molecule has 20 rings (SSSR count). The lowest BCUT2D eigenvalue weighted by Gasteiger charge is -2.41. The molecule has 8 atom stereocenters. The van der Waals surface area contributed by atoms with Gasteiger partial charge in [0.1, 0.15) is 71.7 Å². The first kappa shape index (κ1) is 98.4. The first-order valence-electron chi connectivity index (χ1n) is 49.2. The van der Waals surface area contributed by atoms with Crippen molar-refractivity contribution in [2.24, 2.45) is 0 Å². The summed E-state index contributed by atoms with van der Waals surface area (Å²) in [5.41, 5.74) is 27.3. The van der Waals surface area contributed by atoms with Crippen molar-refractivity contribution < 1.29 is 37.4 Å². The molecule has 732 valence electrons. The van der Waals surface area contributed by atoms with Crippen LogP contribution in [0.3, 0.4) is 0 Å². The Bertz CT molecular complexity index is 6280. The average molecular weight is 1910 g/mol. The molecule has 4 aliphatic carbocycles. The number of hydrogen-bond acceptors (Lipinski definition) is 18. The number of nitrogens with zero attached hydrogens (tertiary/aromatic N) is 16. The topological polar surface area (TPSA) is 264 Å². The van der Waals surface area contributed by atoms with E-state index in [1.165, 1.54) is 91.1 Å². The van der Waals surface area contributed by atoms with Crippen molar-refractivity contribution in [1.82, 2.24) is 80.7 Å². The molecule has 0 saturated carbocycles. The van der Waals surface area contributed by atoms with Crippen molar-refractivity contribution >= 4 is 94.0 Å². The number of carbonyl (C=O) groups is 4. The predicted octanol–water partition coefficient (Wildman–Crippen LogP) is 19.7. The van der Waals surface area contributed by atoms with E-state index in [0.717, 1.165) is 154 Å². The van der Waals surface area contributed by atoms with Crippen molar-refractivity contribution in [3.63, 3.8) is 0 Å². The molecule has 12 aromatic rings. The van der Waals surface area contributed by atoms with Crippen molar-refractivity contribution in [3.8, 4) is 11.5 Å². The number of hydrogen-bond donors (Lipinski definition) is 4. The monoisotopic (exact) mass is 1910 g/mol. The zero-order valence-electron chi connectivity index (χ0n) is 83.4. The summed E-state index contributed by atoms with van der Waals surface area (Å²) in [5.74, 6) is 4.79. The summed E-state index contributed by atoms with van der Waals surface area (Å²) >= 11 is 0. The lowest BCUT2D eigenvalue weighted by Crippen LogP contribution is -2.57. The molecule has 0 unspecified atom stereocenters. The maximum absolute atomic E-state index is 13.2. The molecule has 8 amide bonds. The number of nitrogens with one attached hydrogen (secondary N) is 4. The van der Waals surface area contributed by atoms with Crippen LogP contribution in [0, 0.1) is 39.3 Å². The maximum Gasteiger partial charge on any atom is 0.318 e. The molecule has 0 radical (unpaired) electrons. The fourth-order valence-electron chi connectivity index (χ4n) is 19.8. The highest BCUT2D eigenvalue weighted by atomic mass is 19.1. The van der Waals surface area contributed by atoms with Crippen LogP contribution in [-0.4, -0.2) is 201 Å². The van der Waals surface area contributed by atoms with Crippen molar-refractivity contribution in [2.45, 2.75) is 157 Å². The number of carbonyl (C=O) groups excluding carboxylic acids is 4. The molecule has 4 aromatic heterocycles. The minimum Gasteiger partial charge on any atom is -0.497 e. The number of benzene rings is 8. The van der Waals surface area contributed by atoms with Gasteiger partial charge in [0.2, 0.25) is 0 Å². The van der Waals surface area contributed by atoms with Crippen LogP contribution >= 0.6 is 0 Å². The Balaban J connectivity index is 0.000000130. The summed E-state index contributed by atoms with van der Waals surface area (Å²) in [6.45, 7) is 32.6. The van der Waals surface area contributed by atoms with Gasteiger partial charge in [-0.3, -0.25) is 0 Å². The number of ether oxygens (including phenoxy) is 2. The van der Waals surface area contributed by atoms with E-state index >= 15 is 0 Å². The average Bonchev–Trinajstić information content (AvgIpc) is 1.62. The summed E-state index contributed by atoms with van der Waals surface area (Å²) in [4.78, 5) is 106. The highest BCUT2D eigenvalue weighted by Gasteiger charge is 2.38. The van der Waals surface area contributed by atoms with Crippen LogP contribution in [0.2, 0.25) is 0 Å². The zero-order valence-corrected chi connectivity index (χ0v) is 83.4. The summed E-state index contributed by atoms with van der Waals surface area (Å²) in [6, 6.07) is 61.7. The van der Waals surface area contributed by atoms with Gasteiger partial charge >= 0.3 is 24.1 Å². The molecular formula is C114H126F2N20O6. The molecule has 0 spiro atoms. The van der Waals surface area contributed by atoms with E-state index in [1.807, 2.05) is 95.8 Å². The summed E-state index contributed by atoms with van der Waals surface area (Å²) < 4.78 is 37.1. The number of aryl methyl sites for hydroxylation is 4. The van der Waals surface area contributed by atoms with Crippen LogP contribution in [0.1, 0.15) is 191 Å². The molecule has 142 heavy (non-hydrogen) atoms. The number of rotatable bonds is 18. The van der Waals surface area contributed by atoms with Crippen LogP contribution < -0.4 is 50.3 Å². The minimum atomic E-state index is -0.283. The molecule has 4 aliphatic heterocycles. The Kier molecular flexibility index (Phi) is 30.5. The SMILES string of the molecule is COc1cccc([C@@H](C)NC(=O)N2CCN(c3ncnc4c3C=C(c3ccc(C)cc3)C4)C[C@H]2C)c1.COc1cccc([C@H](C)NC(=O)N2CCN(c3ncnc4c3C=C(c3ccc(C)cc3)C4)C[C@H]2C)c1.Cc1ccc(C2=Cc3c(ncnc3N3CCN(C(=O)N[C@@H](C)c4ccc(F)cc4)[C@H](C)C3)C2)cc1.Cc1ccc(C2=Cc3c(ncnc3N3CCN(C(=O)N[C@H](C)c4ccc(F)cc4)[C@H](C)C3)C2)cc1. The highest BCUT2D eigenvalue weighted by Crippen LogP contribution is 2.42. The second-order valence-corrected chi connectivity index (χ2v) is 38.4. The van der Waals surface area contributed by atoms with Gasteiger partial charge in [-0.15, -0.1) is 0 Å². The molecular weight excluding hydrogens is 1780 g/mol. The van der Waals surface area contributed by atoms with Crippen molar-refractivity contribution in [3.05, 3.63) is 343 Å². The second-order valence-electron chi connectivity index (χ2n) is 38.4. The van der Waals surface area contributed by atoms with Crippen LogP contribution in [0.4, 0.5) is 51.2 Å². The van der Waals surface area contributed by atoms with Gasteiger partial charge in [0.25, 0.3) is 0 Å². The third-order valence-corrected chi connectivity index (χ3v) is 28.2. The minimum absolute atomic E-state index is 0.0109. The normalized spacial score (nSPS) is 18.0. The quantitative estimate of drug-likeness (QED) is 0.0622. The molecule has 28 heteroatoms. The number of anilines is 4. The standard InChI is InChI=1S/2C29H33N5O2.2C28H30FN5O/c2*1-19-8-10-22(11-9-19)24-15-26-27(16-24)30-18-31-28(26)33-12-13-34(20(2)17-33)29(35)32-21(3)23-6-5-7-25(14-23)36-4;2*1-18-4-6-22(7-5-18)23-14-25-26(15-23)30-17-31-27(25)33-12-13-34(19(2)16-33)28(35)32-20(3)21-8-10-24(29)11-9-21/h2*5-11,14-15,18,20-21H,12-13,16-17H2,1-4H3,(H,32,35);2*4-11,14,17,19-20H,12-13,15-16H2,1-3H3,(H,32,35)/t20-,21+;20-,21-;19-,20+;19-,20-/m1111/s1. The van der Waals surface area contributed by atoms with Crippen molar-refractivity contribution in [2.75, 3.05) is 112 Å². The van der Waals surface area contributed by atoms with Crippen LogP contribution in [0.15, 0.2) is 219 Å². The largest absolute Gasteiger partial charge is 0.497 e. The lowest BCUT2D eigenvalue weighted by molar-refractivity contribution is 0.167. The predicted molar refractivity (Wildman–Crippen MR) is 559 cm³/mol. The first-order chi connectivity index (χ1) is 68.6. The molecule has 0 bridgehead atoms. The van der Waals surface area contributed by atoms with Gasteiger partial charge in [-0.1, -0.05) is 168 Å². The summed E-state index contributed by atoms with van der Waals surface area (Å²) in [6.07, 6.45) is 18.7. The molecule has 8 aromatic carbocycles. The van der Waals surface area contributed by atoms with Gasteiger partial charge in [-0.2, -0.15) is 0 Å². The van der Waals surface area contributed by atoms with E-state index in [-0.39, 0.29) is 84.1 Å². The number of fused-ring (bicyclic) bond motifs is 4. The fourth-order valence-corrected chi connectivity index (χ4v) is 19.8. The van der Waals surface area contributed by atoms with Crippen LogP contribution in [0.25, 0.3) is 46.6 Å². The Morgan fingerprint density at radius 2 is 0.542 bits per heavy atom. The third-order valence-electron chi connectivity index (χ3n) is 28.2. The second kappa shape index (κ2) is 44.1. The number of halogens is 2. The number of methoxy groups -OCH3 is 2. The van der Waals surface area contributed by atoms with E-state index in [2.05, 4.69) is 257 Å². The molecule has 4 fully saturated rings. The van der Waals surface area contributed by atoms with E-state index in [9.17, 15) is 28.0 Å². The summed E-state index contributed by atoms with van der Waals surface area (Å²) in [7, 11) is 3.30. The Labute approximate surface area is 831 Å². The Morgan fingerprint density at radius 1 is 0.310 bits per heavy atom. The van der Waals surface area contributed by atoms with E-state index in [1.54, 1.807) is 63.8 Å². The van der Waals surface area contributed by atoms with Gasteiger partial charge in [0.05, 0.1) is 61.2 Å². The van der Waals surface area contributed by atoms with Gasteiger partial charge in [0.15, 0.2) is 0 Å². The number of aromatic nitrogens is 8. The van der Waals surface area contributed by atoms with E-state index in [4.69, 9.17) is 9.47 Å². The fraction of sp³-hybridized carbons (Fsp3) is 0.333. The van der Waals surface area contributed by atoms with Crippen molar-refractivity contribution in [1.29, 1.82) is 0 Å². The van der Waals surface area contributed by atoms with Crippen LogP contribution in [0.5, 0.6) is 11.5 Å². The molecule has 8 aliphatic rings. The number of piperazine rings is 4. The molecule has 4 saturated heterocycles. The van der Waals surface area contributed by atoms with Crippen LogP contribution in [-0.2, 0) is 25.7 Å². The third kappa shape index (κ3) is 22.9. The molecule has 4 N–H and O–H groups in total. The molecule has 8 heterocycles. The molecule has 26 nitrogen and oxygen atoms in total. The van der Waals surface area contributed by atoms with Gasteiger partial charge < -0.3 is 69.9 Å². The number of amides is 8. The van der Waals surface area contributed by atoms with Gasteiger partial charge in [-0.25, -0.2) is 67.8 Å².